The van der Waals surface area contributed by atoms with Crippen molar-refractivity contribution in [2.24, 2.45) is 0 Å². The van der Waals surface area contributed by atoms with Crippen LogP contribution >= 0.6 is 0 Å². The van der Waals surface area contributed by atoms with Crippen LogP contribution in [0.2, 0.25) is 0 Å². The molecule has 0 bridgehead atoms. The maximum atomic E-state index is 5.48. The van der Waals surface area contributed by atoms with Crippen LogP contribution in [0.5, 0.6) is 0 Å². The minimum atomic E-state index is -0.173. The van der Waals surface area contributed by atoms with Crippen molar-refractivity contribution >= 4 is 0 Å². The fourth-order valence-corrected chi connectivity index (χ4v) is 2.59. The summed E-state index contributed by atoms with van der Waals surface area (Å²) in [4.78, 5) is 4.58. The number of rotatable bonds is 2. The zero-order valence-electron chi connectivity index (χ0n) is 11.4. The van der Waals surface area contributed by atoms with Gasteiger partial charge in [0.2, 0.25) is 11.7 Å². The van der Waals surface area contributed by atoms with Crippen LogP contribution in [0, 0.1) is 6.92 Å². The molecule has 19 heavy (non-hydrogen) atoms. The number of hydrogen-bond acceptors (Lipinski definition) is 4. The summed E-state index contributed by atoms with van der Waals surface area (Å²) >= 11 is 0. The first-order chi connectivity index (χ1) is 9.17. The van der Waals surface area contributed by atoms with Crippen molar-refractivity contribution in [2.45, 2.75) is 38.6 Å². The van der Waals surface area contributed by atoms with Gasteiger partial charge in [-0.2, -0.15) is 4.98 Å². The summed E-state index contributed by atoms with van der Waals surface area (Å²) in [6, 6.07) is 8.17. The molecule has 1 aromatic heterocycles. The molecule has 0 radical (unpaired) electrons. The molecule has 4 nitrogen and oxygen atoms in total. The summed E-state index contributed by atoms with van der Waals surface area (Å²) in [5.41, 5.74) is 2.04. The van der Waals surface area contributed by atoms with E-state index >= 15 is 0 Å². The highest BCUT2D eigenvalue weighted by Crippen LogP contribution is 2.30. The average Bonchev–Trinajstić information content (AvgIpc) is 2.90. The summed E-state index contributed by atoms with van der Waals surface area (Å²) in [6.07, 6.45) is 3.46. The molecule has 1 aliphatic rings. The quantitative estimate of drug-likeness (QED) is 0.898. The number of piperidine rings is 1. The number of hydrogen-bond donors (Lipinski definition) is 1. The monoisotopic (exact) mass is 257 g/mol. The predicted molar refractivity (Wildman–Crippen MR) is 73.7 cm³/mol. The molecule has 0 spiro atoms. The molecule has 1 N–H and O–H groups in total. The van der Waals surface area contributed by atoms with E-state index in [1.807, 2.05) is 12.1 Å². The highest BCUT2D eigenvalue weighted by Gasteiger charge is 2.34. The van der Waals surface area contributed by atoms with Gasteiger partial charge in [-0.05, 0) is 45.7 Å². The zero-order chi connectivity index (χ0) is 13.3. The number of nitrogens with zero attached hydrogens (tertiary/aromatic N) is 2. The summed E-state index contributed by atoms with van der Waals surface area (Å²) in [5.74, 6) is 1.37. The zero-order valence-corrected chi connectivity index (χ0v) is 11.4. The largest absolute Gasteiger partial charge is 0.337 e. The SMILES string of the molecule is Cc1cccc(-c2noc(C3(C)CCCCN3)n2)c1. The van der Waals surface area contributed by atoms with Gasteiger partial charge in [-0.1, -0.05) is 28.9 Å². The van der Waals surface area contributed by atoms with Gasteiger partial charge >= 0.3 is 0 Å². The van der Waals surface area contributed by atoms with Gasteiger partial charge in [0.05, 0.1) is 5.54 Å². The summed E-state index contributed by atoms with van der Waals surface area (Å²) < 4.78 is 5.48. The first-order valence-corrected chi connectivity index (χ1v) is 6.84. The average molecular weight is 257 g/mol. The van der Waals surface area contributed by atoms with E-state index in [-0.39, 0.29) is 5.54 Å². The molecule has 1 aliphatic heterocycles. The van der Waals surface area contributed by atoms with E-state index in [4.69, 9.17) is 4.52 Å². The molecule has 0 saturated carbocycles. The van der Waals surface area contributed by atoms with Crippen LogP contribution in [0.15, 0.2) is 28.8 Å². The Hall–Kier alpha value is -1.68. The van der Waals surface area contributed by atoms with E-state index in [1.165, 1.54) is 18.4 Å². The van der Waals surface area contributed by atoms with Gasteiger partial charge in [0, 0.05) is 5.56 Å². The van der Waals surface area contributed by atoms with E-state index in [2.05, 4.69) is 41.4 Å². The van der Waals surface area contributed by atoms with Crippen LogP contribution in [0.4, 0.5) is 0 Å². The molecular weight excluding hydrogens is 238 g/mol. The van der Waals surface area contributed by atoms with Crippen LogP contribution in [0.3, 0.4) is 0 Å². The second-order valence-electron chi connectivity index (χ2n) is 5.51. The lowest BCUT2D eigenvalue weighted by Crippen LogP contribution is -2.43. The molecule has 2 heterocycles. The highest BCUT2D eigenvalue weighted by atomic mass is 16.5. The standard InChI is InChI=1S/C15H19N3O/c1-11-6-5-7-12(10-11)13-17-14(19-18-13)15(2)8-3-4-9-16-15/h5-7,10,16H,3-4,8-9H2,1-2H3. The molecule has 0 amide bonds. The second-order valence-corrected chi connectivity index (χ2v) is 5.51. The summed E-state index contributed by atoms with van der Waals surface area (Å²) in [6.45, 7) is 5.22. The Morgan fingerprint density at radius 3 is 2.95 bits per heavy atom. The van der Waals surface area contributed by atoms with E-state index in [0.717, 1.165) is 18.5 Å². The second kappa shape index (κ2) is 4.78. The Balaban J connectivity index is 1.91. The lowest BCUT2D eigenvalue weighted by molar-refractivity contribution is 0.207. The predicted octanol–water partition coefficient (Wildman–Crippen LogP) is 3.03. The molecule has 1 fully saturated rings. The normalized spacial score (nSPS) is 23.5. The molecular formula is C15H19N3O. The first kappa shape index (κ1) is 12.4. The van der Waals surface area contributed by atoms with Gasteiger partial charge < -0.3 is 9.84 Å². The minimum Gasteiger partial charge on any atom is -0.337 e. The van der Waals surface area contributed by atoms with Gasteiger partial charge in [0.25, 0.3) is 0 Å². The van der Waals surface area contributed by atoms with Crippen molar-refractivity contribution in [3.05, 3.63) is 35.7 Å². The topological polar surface area (TPSA) is 51.0 Å². The van der Waals surface area contributed by atoms with Gasteiger partial charge in [-0.25, -0.2) is 0 Å². The molecule has 2 aromatic rings. The molecule has 0 aliphatic carbocycles. The number of aryl methyl sites for hydroxylation is 1. The van der Waals surface area contributed by atoms with Crippen LogP contribution in [0.25, 0.3) is 11.4 Å². The molecule has 3 rings (SSSR count). The van der Waals surface area contributed by atoms with E-state index in [0.29, 0.717) is 11.7 Å². The van der Waals surface area contributed by atoms with Crippen LogP contribution < -0.4 is 5.32 Å². The van der Waals surface area contributed by atoms with Crippen molar-refractivity contribution in [3.63, 3.8) is 0 Å². The Labute approximate surface area is 113 Å². The molecule has 1 aromatic carbocycles. The van der Waals surface area contributed by atoms with Crippen LogP contribution in [-0.4, -0.2) is 16.7 Å². The fraction of sp³-hybridized carbons (Fsp3) is 0.467. The molecule has 1 unspecified atom stereocenters. The van der Waals surface area contributed by atoms with Crippen LogP contribution in [0.1, 0.15) is 37.6 Å². The third-order valence-corrected chi connectivity index (χ3v) is 3.79. The molecule has 1 saturated heterocycles. The van der Waals surface area contributed by atoms with Crippen molar-refractivity contribution in [1.82, 2.24) is 15.5 Å². The smallest absolute Gasteiger partial charge is 0.246 e. The van der Waals surface area contributed by atoms with Gasteiger partial charge in [0.1, 0.15) is 0 Å². The number of benzene rings is 1. The molecule has 100 valence electrons. The van der Waals surface area contributed by atoms with Gasteiger partial charge in [0.15, 0.2) is 0 Å². The van der Waals surface area contributed by atoms with Crippen molar-refractivity contribution in [3.8, 4) is 11.4 Å². The Morgan fingerprint density at radius 1 is 1.32 bits per heavy atom. The maximum Gasteiger partial charge on any atom is 0.246 e. The maximum absolute atomic E-state index is 5.48. The van der Waals surface area contributed by atoms with Crippen molar-refractivity contribution < 1.29 is 4.52 Å². The Morgan fingerprint density at radius 2 is 2.21 bits per heavy atom. The van der Waals surface area contributed by atoms with Crippen molar-refractivity contribution in [1.29, 1.82) is 0 Å². The third-order valence-electron chi connectivity index (χ3n) is 3.79. The number of aromatic nitrogens is 2. The summed E-state index contributed by atoms with van der Waals surface area (Å²) in [7, 11) is 0. The lowest BCUT2D eigenvalue weighted by Gasteiger charge is -2.31. The Kier molecular flexibility index (Phi) is 3.11. The highest BCUT2D eigenvalue weighted by molar-refractivity contribution is 5.55. The fourth-order valence-electron chi connectivity index (χ4n) is 2.59. The lowest BCUT2D eigenvalue weighted by atomic mass is 9.91. The van der Waals surface area contributed by atoms with Gasteiger partial charge in [-0.3, -0.25) is 0 Å². The van der Waals surface area contributed by atoms with E-state index < -0.39 is 0 Å². The van der Waals surface area contributed by atoms with E-state index in [9.17, 15) is 0 Å². The molecule has 1 atom stereocenters. The first-order valence-electron chi connectivity index (χ1n) is 6.84. The Bertz CT molecular complexity index is 570. The van der Waals surface area contributed by atoms with E-state index in [1.54, 1.807) is 0 Å². The van der Waals surface area contributed by atoms with Crippen LogP contribution in [-0.2, 0) is 5.54 Å². The third kappa shape index (κ3) is 2.40. The van der Waals surface area contributed by atoms with Crippen molar-refractivity contribution in [2.75, 3.05) is 6.54 Å². The number of nitrogens with one attached hydrogen (secondary N) is 1. The minimum absolute atomic E-state index is 0.173. The van der Waals surface area contributed by atoms with Gasteiger partial charge in [-0.15, -0.1) is 0 Å². The molecule has 4 heteroatoms. The summed E-state index contributed by atoms with van der Waals surface area (Å²) in [5, 5.41) is 7.61.